The molecule has 0 unspecified atom stereocenters. The third-order valence-corrected chi connectivity index (χ3v) is 3.89. The van der Waals surface area contributed by atoms with Crippen LogP contribution in [0.3, 0.4) is 0 Å². The molecule has 0 fully saturated rings. The average molecular weight is 397 g/mol. The third kappa shape index (κ3) is 4.02. The molecule has 0 aliphatic rings. The summed E-state index contributed by atoms with van der Waals surface area (Å²) >= 11 is 3.30. The van der Waals surface area contributed by atoms with E-state index in [1.54, 1.807) is 0 Å². The maximum absolute atomic E-state index is 12.8. The van der Waals surface area contributed by atoms with Gasteiger partial charge in [-0.2, -0.15) is 0 Å². The number of halogens is 2. The highest BCUT2D eigenvalue weighted by atomic mass is 79.9. The standard InChI is InChI=1S/C16H14BrFN2O4/c1-23-12-7-10(8-13(24-2)14(12)17)16(22)20-19-15(21)9-3-5-11(18)6-4-9/h3-8H,1-2H3,(H,19,21)(H,20,22). The molecule has 0 saturated heterocycles. The topological polar surface area (TPSA) is 76.7 Å². The van der Waals surface area contributed by atoms with Gasteiger partial charge in [0.15, 0.2) is 0 Å². The summed E-state index contributed by atoms with van der Waals surface area (Å²) in [4.78, 5) is 24.1. The lowest BCUT2D eigenvalue weighted by Gasteiger charge is -2.12. The van der Waals surface area contributed by atoms with E-state index in [2.05, 4.69) is 26.8 Å². The van der Waals surface area contributed by atoms with Crippen molar-refractivity contribution in [3.05, 3.63) is 57.8 Å². The minimum Gasteiger partial charge on any atom is -0.495 e. The summed E-state index contributed by atoms with van der Waals surface area (Å²) in [5.41, 5.74) is 4.97. The molecule has 0 radical (unpaired) electrons. The molecule has 8 heteroatoms. The monoisotopic (exact) mass is 396 g/mol. The van der Waals surface area contributed by atoms with Crippen LogP contribution in [0.25, 0.3) is 0 Å². The number of carbonyl (C=O) groups is 2. The first-order valence-electron chi connectivity index (χ1n) is 6.74. The third-order valence-electron chi connectivity index (χ3n) is 3.10. The van der Waals surface area contributed by atoms with Crippen LogP contribution in [0, 0.1) is 5.82 Å². The molecular formula is C16H14BrFN2O4. The Morgan fingerprint density at radius 1 is 0.917 bits per heavy atom. The highest BCUT2D eigenvalue weighted by molar-refractivity contribution is 9.10. The van der Waals surface area contributed by atoms with Crippen molar-refractivity contribution in [2.45, 2.75) is 0 Å². The van der Waals surface area contributed by atoms with Crippen molar-refractivity contribution in [2.24, 2.45) is 0 Å². The summed E-state index contributed by atoms with van der Waals surface area (Å²) in [6.07, 6.45) is 0. The van der Waals surface area contributed by atoms with Gasteiger partial charge in [0.1, 0.15) is 21.8 Å². The van der Waals surface area contributed by atoms with Crippen LogP contribution in [0.2, 0.25) is 0 Å². The second-order valence-corrected chi connectivity index (χ2v) is 5.40. The molecule has 2 aromatic rings. The second-order valence-electron chi connectivity index (χ2n) is 4.61. The van der Waals surface area contributed by atoms with Gasteiger partial charge in [-0.3, -0.25) is 20.4 Å². The van der Waals surface area contributed by atoms with Crippen LogP contribution >= 0.6 is 15.9 Å². The number of hydrogen-bond donors (Lipinski definition) is 2. The lowest BCUT2D eigenvalue weighted by molar-refractivity contribution is 0.0846. The van der Waals surface area contributed by atoms with Crippen molar-refractivity contribution < 1.29 is 23.5 Å². The van der Waals surface area contributed by atoms with E-state index >= 15 is 0 Å². The number of ether oxygens (including phenoxy) is 2. The SMILES string of the molecule is COc1cc(C(=O)NNC(=O)c2ccc(F)cc2)cc(OC)c1Br. The van der Waals surface area contributed by atoms with Crippen LogP contribution in [-0.2, 0) is 0 Å². The summed E-state index contributed by atoms with van der Waals surface area (Å²) in [7, 11) is 2.91. The maximum Gasteiger partial charge on any atom is 0.269 e. The Kier molecular flexibility index (Phi) is 5.75. The predicted molar refractivity (Wildman–Crippen MR) is 88.6 cm³/mol. The first kappa shape index (κ1) is 17.7. The van der Waals surface area contributed by atoms with Gasteiger partial charge in [0.05, 0.1) is 14.2 Å². The zero-order valence-electron chi connectivity index (χ0n) is 12.9. The van der Waals surface area contributed by atoms with Crippen molar-refractivity contribution >= 4 is 27.7 Å². The Morgan fingerprint density at radius 3 is 1.83 bits per heavy atom. The number of rotatable bonds is 4. The lowest BCUT2D eigenvalue weighted by Crippen LogP contribution is -2.41. The minimum absolute atomic E-state index is 0.211. The molecule has 2 amide bonds. The number of carbonyl (C=O) groups excluding carboxylic acids is 2. The number of amides is 2. The minimum atomic E-state index is -0.570. The van der Waals surface area contributed by atoms with Crippen molar-refractivity contribution in [3.8, 4) is 11.5 Å². The molecule has 2 rings (SSSR count). The van der Waals surface area contributed by atoms with Crippen LogP contribution < -0.4 is 20.3 Å². The fourth-order valence-electron chi connectivity index (χ4n) is 1.86. The van der Waals surface area contributed by atoms with Gasteiger partial charge in [0.25, 0.3) is 11.8 Å². The van der Waals surface area contributed by atoms with Gasteiger partial charge in [0.2, 0.25) is 0 Å². The number of hydrazine groups is 1. The normalized spacial score (nSPS) is 10.0. The molecule has 0 spiro atoms. The molecule has 126 valence electrons. The van der Waals surface area contributed by atoms with Crippen LogP contribution in [-0.4, -0.2) is 26.0 Å². The molecule has 0 bridgehead atoms. The number of methoxy groups -OCH3 is 2. The van der Waals surface area contributed by atoms with Gasteiger partial charge in [-0.1, -0.05) is 0 Å². The predicted octanol–water partition coefficient (Wildman–Crippen LogP) is 2.68. The van der Waals surface area contributed by atoms with E-state index in [9.17, 15) is 14.0 Å². The van der Waals surface area contributed by atoms with Crippen LogP contribution in [0.15, 0.2) is 40.9 Å². The first-order valence-corrected chi connectivity index (χ1v) is 7.53. The number of hydrogen-bond acceptors (Lipinski definition) is 4. The van der Waals surface area contributed by atoms with Gasteiger partial charge in [-0.25, -0.2) is 4.39 Å². The van der Waals surface area contributed by atoms with Crippen LogP contribution in [0.5, 0.6) is 11.5 Å². The summed E-state index contributed by atoms with van der Waals surface area (Å²) < 4.78 is 23.7. The van der Waals surface area contributed by atoms with Crippen molar-refractivity contribution in [3.63, 3.8) is 0 Å². The second kappa shape index (κ2) is 7.78. The van der Waals surface area contributed by atoms with Crippen molar-refractivity contribution in [2.75, 3.05) is 14.2 Å². The molecule has 6 nitrogen and oxygen atoms in total. The first-order chi connectivity index (χ1) is 11.5. The summed E-state index contributed by atoms with van der Waals surface area (Å²) in [6, 6.07) is 7.91. The zero-order valence-corrected chi connectivity index (χ0v) is 14.4. The Balaban J connectivity index is 2.09. The molecule has 0 heterocycles. The van der Waals surface area contributed by atoms with Gasteiger partial charge in [-0.05, 0) is 52.3 Å². The van der Waals surface area contributed by atoms with E-state index in [-0.39, 0.29) is 11.1 Å². The molecule has 0 aromatic heterocycles. The van der Waals surface area contributed by atoms with Gasteiger partial charge in [-0.15, -0.1) is 0 Å². The Labute approximate surface area is 146 Å². The van der Waals surface area contributed by atoms with Gasteiger partial charge in [0, 0.05) is 11.1 Å². The summed E-state index contributed by atoms with van der Waals surface area (Å²) in [6.45, 7) is 0. The zero-order chi connectivity index (χ0) is 17.7. The summed E-state index contributed by atoms with van der Waals surface area (Å²) in [5.74, 6) is -0.771. The van der Waals surface area contributed by atoms with E-state index in [1.807, 2.05) is 0 Å². The Hall–Kier alpha value is -2.61. The molecule has 0 aliphatic carbocycles. The highest BCUT2D eigenvalue weighted by Gasteiger charge is 2.15. The van der Waals surface area contributed by atoms with E-state index in [0.717, 1.165) is 12.1 Å². The molecule has 2 N–H and O–H groups in total. The molecule has 2 aromatic carbocycles. The molecule has 0 atom stereocenters. The van der Waals surface area contributed by atoms with Crippen molar-refractivity contribution in [1.29, 1.82) is 0 Å². The quantitative estimate of drug-likeness (QED) is 0.778. The van der Waals surface area contributed by atoms with E-state index < -0.39 is 17.6 Å². The average Bonchev–Trinajstić information content (AvgIpc) is 2.60. The highest BCUT2D eigenvalue weighted by Crippen LogP contribution is 2.35. The smallest absolute Gasteiger partial charge is 0.269 e. The fourth-order valence-corrected chi connectivity index (χ4v) is 2.41. The van der Waals surface area contributed by atoms with Crippen LogP contribution in [0.1, 0.15) is 20.7 Å². The Bertz CT molecular complexity index is 740. The van der Waals surface area contributed by atoms with Gasteiger partial charge < -0.3 is 9.47 Å². The molecule has 0 aliphatic heterocycles. The summed E-state index contributed by atoms with van der Waals surface area (Å²) in [5, 5.41) is 0. The van der Waals surface area contributed by atoms with Crippen LogP contribution in [0.4, 0.5) is 4.39 Å². The van der Waals surface area contributed by atoms with Crippen molar-refractivity contribution in [1.82, 2.24) is 10.9 Å². The maximum atomic E-state index is 12.8. The van der Waals surface area contributed by atoms with E-state index in [4.69, 9.17) is 9.47 Å². The molecular weight excluding hydrogens is 383 g/mol. The fraction of sp³-hybridized carbons (Fsp3) is 0.125. The van der Waals surface area contributed by atoms with Gasteiger partial charge >= 0.3 is 0 Å². The lowest BCUT2D eigenvalue weighted by atomic mass is 10.2. The Morgan fingerprint density at radius 2 is 1.38 bits per heavy atom. The number of nitrogens with one attached hydrogen (secondary N) is 2. The number of benzene rings is 2. The molecule has 24 heavy (non-hydrogen) atoms. The van der Waals surface area contributed by atoms with E-state index in [0.29, 0.717) is 16.0 Å². The van der Waals surface area contributed by atoms with E-state index in [1.165, 1.54) is 38.5 Å². The molecule has 0 saturated carbocycles. The largest absolute Gasteiger partial charge is 0.495 e.